The van der Waals surface area contributed by atoms with E-state index in [0.29, 0.717) is 36.4 Å². The largest absolute Gasteiger partial charge is 0.437 e. The number of piperidine rings is 1. The van der Waals surface area contributed by atoms with Gasteiger partial charge >= 0.3 is 6.03 Å². The van der Waals surface area contributed by atoms with Gasteiger partial charge in [-0.2, -0.15) is 0 Å². The summed E-state index contributed by atoms with van der Waals surface area (Å²) in [5.41, 5.74) is 0.480. The number of carbonyl (C=O) groups is 1. The standard InChI is InChI=1S/C20H22FN3O3/c1-26-18-13-4-5-14(18)12-24(11-13)20(25)23-17-3-2-10-22-19(17)27-16-8-6-15(21)7-9-16/h2-3,6-10,13-14,18H,4-5,11-12H2,1H3,(H,23,25)/t13-,14+,18?. The topological polar surface area (TPSA) is 63.7 Å². The zero-order valence-electron chi connectivity index (χ0n) is 15.1. The van der Waals surface area contributed by atoms with E-state index in [1.54, 1.807) is 25.4 Å². The number of rotatable bonds is 4. The fraction of sp³-hybridized carbons (Fsp3) is 0.400. The quantitative estimate of drug-likeness (QED) is 0.885. The number of anilines is 1. The Labute approximate surface area is 157 Å². The zero-order valence-corrected chi connectivity index (χ0v) is 15.1. The van der Waals surface area contributed by atoms with E-state index in [-0.39, 0.29) is 23.8 Å². The van der Waals surface area contributed by atoms with Crippen LogP contribution in [0.2, 0.25) is 0 Å². The third-order valence-corrected chi connectivity index (χ3v) is 5.35. The molecule has 2 aliphatic rings. The van der Waals surface area contributed by atoms with Gasteiger partial charge in [-0.1, -0.05) is 0 Å². The fourth-order valence-corrected chi connectivity index (χ4v) is 4.10. The molecule has 1 aromatic carbocycles. The number of benzene rings is 1. The molecule has 7 heteroatoms. The van der Waals surface area contributed by atoms with E-state index in [9.17, 15) is 9.18 Å². The molecule has 6 nitrogen and oxygen atoms in total. The van der Waals surface area contributed by atoms with E-state index in [1.807, 2.05) is 4.90 Å². The molecular weight excluding hydrogens is 349 g/mol. The van der Waals surface area contributed by atoms with Crippen LogP contribution in [-0.2, 0) is 4.74 Å². The van der Waals surface area contributed by atoms with Crippen molar-refractivity contribution in [3.63, 3.8) is 0 Å². The first-order valence-electron chi connectivity index (χ1n) is 9.11. The van der Waals surface area contributed by atoms with E-state index in [4.69, 9.17) is 9.47 Å². The maximum atomic E-state index is 13.1. The Morgan fingerprint density at radius 2 is 1.89 bits per heavy atom. The van der Waals surface area contributed by atoms with Crippen LogP contribution in [0.5, 0.6) is 11.6 Å². The van der Waals surface area contributed by atoms with E-state index < -0.39 is 0 Å². The number of nitrogens with zero attached hydrogens (tertiary/aromatic N) is 2. The number of fused-ring (bicyclic) bond motifs is 2. The van der Waals surface area contributed by atoms with Gasteiger partial charge in [-0.15, -0.1) is 0 Å². The Kier molecular flexibility index (Phi) is 4.94. The monoisotopic (exact) mass is 371 g/mol. The number of methoxy groups -OCH3 is 1. The molecule has 2 bridgehead atoms. The summed E-state index contributed by atoms with van der Waals surface area (Å²) in [5.74, 6) is 1.16. The number of urea groups is 1. The molecule has 142 valence electrons. The van der Waals surface area contributed by atoms with Gasteiger partial charge in [0.25, 0.3) is 0 Å². The number of likely N-dealkylation sites (tertiary alicyclic amines) is 1. The molecule has 1 aromatic heterocycles. The number of amides is 2. The van der Waals surface area contributed by atoms with Gasteiger partial charge < -0.3 is 19.7 Å². The maximum absolute atomic E-state index is 13.1. The molecule has 0 spiro atoms. The lowest BCUT2D eigenvalue weighted by molar-refractivity contribution is -0.00365. The van der Waals surface area contributed by atoms with Gasteiger partial charge in [-0.3, -0.25) is 0 Å². The zero-order chi connectivity index (χ0) is 18.8. The van der Waals surface area contributed by atoms with Gasteiger partial charge in [0.1, 0.15) is 17.3 Å². The minimum absolute atomic E-state index is 0.168. The molecular formula is C20H22FN3O3. The Balaban J connectivity index is 1.45. The summed E-state index contributed by atoms with van der Waals surface area (Å²) < 4.78 is 24.4. The SMILES string of the molecule is COC1[C@@H]2CC[C@H]1CN(C(=O)Nc1cccnc1Oc1ccc(F)cc1)C2. The second-order valence-electron chi connectivity index (χ2n) is 7.05. The first-order chi connectivity index (χ1) is 13.1. The van der Waals surface area contributed by atoms with Gasteiger partial charge in [-0.05, 0) is 49.2 Å². The van der Waals surface area contributed by atoms with Crippen molar-refractivity contribution in [1.29, 1.82) is 0 Å². The van der Waals surface area contributed by atoms with Crippen molar-refractivity contribution in [2.24, 2.45) is 11.8 Å². The van der Waals surface area contributed by atoms with Gasteiger partial charge in [-0.25, -0.2) is 14.2 Å². The van der Waals surface area contributed by atoms with E-state index >= 15 is 0 Å². The molecule has 2 aromatic rings. The van der Waals surface area contributed by atoms with Gasteiger partial charge in [0.05, 0.1) is 6.10 Å². The van der Waals surface area contributed by atoms with Crippen molar-refractivity contribution in [2.45, 2.75) is 18.9 Å². The average molecular weight is 371 g/mol. The van der Waals surface area contributed by atoms with Crippen molar-refractivity contribution in [3.05, 3.63) is 48.4 Å². The molecule has 3 atom stereocenters. The lowest BCUT2D eigenvalue weighted by Crippen LogP contribution is -2.49. The highest BCUT2D eigenvalue weighted by Gasteiger charge is 2.43. The van der Waals surface area contributed by atoms with Crippen molar-refractivity contribution < 1.29 is 18.7 Å². The van der Waals surface area contributed by atoms with Crippen LogP contribution in [0.25, 0.3) is 0 Å². The Bertz CT molecular complexity index is 800. The number of hydrogen-bond acceptors (Lipinski definition) is 4. The molecule has 2 amide bonds. The van der Waals surface area contributed by atoms with E-state index in [0.717, 1.165) is 12.8 Å². The predicted molar refractivity (Wildman–Crippen MR) is 98.3 cm³/mol. The lowest BCUT2D eigenvalue weighted by atomic mass is 9.95. The third kappa shape index (κ3) is 3.73. The van der Waals surface area contributed by atoms with Crippen molar-refractivity contribution in [1.82, 2.24) is 9.88 Å². The average Bonchev–Trinajstić information content (AvgIpc) is 2.92. The maximum Gasteiger partial charge on any atom is 0.322 e. The Morgan fingerprint density at radius 1 is 1.19 bits per heavy atom. The van der Waals surface area contributed by atoms with Crippen LogP contribution in [-0.4, -0.2) is 42.2 Å². The van der Waals surface area contributed by atoms with Crippen molar-refractivity contribution in [3.8, 4) is 11.6 Å². The van der Waals surface area contributed by atoms with Crippen LogP contribution in [0.3, 0.4) is 0 Å². The van der Waals surface area contributed by atoms with Crippen LogP contribution < -0.4 is 10.1 Å². The molecule has 1 aliphatic carbocycles. The van der Waals surface area contributed by atoms with Gasteiger partial charge in [0.15, 0.2) is 0 Å². The molecule has 4 rings (SSSR count). The normalized spacial score (nSPS) is 23.9. The van der Waals surface area contributed by atoms with E-state index in [1.165, 1.54) is 24.3 Å². The number of hydrogen-bond donors (Lipinski definition) is 1. The van der Waals surface area contributed by atoms with Gasteiger partial charge in [0.2, 0.25) is 5.88 Å². The summed E-state index contributed by atoms with van der Waals surface area (Å²) in [7, 11) is 1.75. The smallest absolute Gasteiger partial charge is 0.322 e. The van der Waals surface area contributed by atoms with Crippen LogP contribution in [0.4, 0.5) is 14.9 Å². The summed E-state index contributed by atoms with van der Waals surface area (Å²) in [6.45, 7) is 1.38. The number of pyridine rings is 1. The third-order valence-electron chi connectivity index (χ3n) is 5.35. The van der Waals surface area contributed by atoms with Crippen LogP contribution in [0.15, 0.2) is 42.6 Å². The van der Waals surface area contributed by atoms with Crippen molar-refractivity contribution >= 4 is 11.7 Å². The molecule has 1 N–H and O–H groups in total. The molecule has 0 radical (unpaired) electrons. The fourth-order valence-electron chi connectivity index (χ4n) is 4.10. The summed E-state index contributed by atoms with van der Waals surface area (Å²) in [5, 5.41) is 2.90. The second kappa shape index (κ2) is 7.52. The van der Waals surface area contributed by atoms with Crippen LogP contribution in [0, 0.1) is 17.7 Å². The number of aromatic nitrogens is 1. The lowest BCUT2D eigenvalue weighted by Gasteiger charge is -2.37. The second-order valence-corrected chi connectivity index (χ2v) is 7.05. The molecule has 2 fully saturated rings. The molecule has 1 saturated carbocycles. The Hall–Kier alpha value is -2.67. The van der Waals surface area contributed by atoms with Gasteiger partial charge in [0, 0.05) is 38.2 Å². The number of carbonyl (C=O) groups excluding carboxylic acids is 1. The number of halogens is 1. The summed E-state index contributed by atoms with van der Waals surface area (Å²) in [4.78, 5) is 18.8. The predicted octanol–water partition coefficient (Wildman–Crippen LogP) is 3.90. The summed E-state index contributed by atoms with van der Waals surface area (Å²) >= 11 is 0. The highest BCUT2D eigenvalue weighted by atomic mass is 19.1. The minimum atomic E-state index is -0.342. The van der Waals surface area contributed by atoms with Crippen LogP contribution >= 0.6 is 0 Å². The minimum Gasteiger partial charge on any atom is -0.437 e. The highest BCUT2D eigenvalue weighted by molar-refractivity contribution is 5.90. The first-order valence-corrected chi connectivity index (χ1v) is 9.11. The summed E-state index contributed by atoms with van der Waals surface area (Å²) in [6, 6.07) is 8.96. The van der Waals surface area contributed by atoms with E-state index in [2.05, 4.69) is 10.3 Å². The Morgan fingerprint density at radius 3 is 2.56 bits per heavy atom. The number of ether oxygens (including phenoxy) is 2. The molecule has 1 aliphatic heterocycles. The first kappa shape index (κ1) is 17.7. The highest BCUT2D eigenvalue weighted by Crippen LogP contribution is 2.39. The van der Waals surface area contributed by atoms with Crippen molar-refractivity contribution in [2.75, 3.05) is 25.5 Å². The van der Waals surface area contributed by atoms with Crippen LogP contribution in [0.1, 0.15) is 12.8 Å². The molecule has 1 unspecified atom stereocenters. The number of nitrogens with one attached hydrogen (secondary N) is 1. The summed E-state index contributed by atoms with van der Waals surface area (Å²) in [6.07, 6.45) is 4.03. The molecule has 27 heavy (non-hydrogen) atoms. The molecule has 1 saturated heterocycles. The molecule has 2 heterocycles.